The minimum absolute atomic E-state index is 0.399. The second-order valence-electron chi connectivity index (χ2n) is 4.70. The number of primary amides is 1. The Morgan fingerprint density at radius 3 is 2.70 bits per heavy atom. The molecular formula is C15H18N4O. The monoisotopic (exact) mass is 270 g/mol. The first-order valence-corrected chi connectivity index (χ1v) is 6.45. The van der Waals surface area contributed by atoms with Gasteiger partial charge in [0.15, 0.2) is 0 Å². The summed E-state index contributed by atoms with van der Waals surface area (Å²) < 4.78 is 0. The molecule has 1 aromatic carbocycles. The highest BCUT2D eigenvalue weighted by molar-refractivity contribution is 5.93. The number of aryl methyl sites for hydroxylation is 2. The van der Waals surface area contributed by atoms with E-state index in [0.717, 1.165) is 22.6 Å². The van der Waals surface area contributed by atoms with Crippen LogP contribution in [-0.4, -0.2) is 15.9 Å². The van der Waals surface area contributed by atoms with Crippen LogP contribution in [-0.2, 0) is 13.1 Å². The van der Waals surface area contributed by atoms with Crippen molar-refractivity contribution in [2.45, 2.75) is 26.9 Å². The van der Waals surface area contributed by atoms with Gasteiger partial charge in [-0.1, -0.05) is 6.07 Å². The van der Waals surface area contributed by atoms with Gasteiger partial charge in [0.05, 0.1) is 5.69 Å². The van der Waals surface area contributed by atoms with Gasteiger partial charge in [-0.3, -0.25) is 4.79 Å². The molecule has 5 nitrogen and oxygen atoms in total. The largest absolute Gasteiger partial charge is 0.366 e. The Bertz CT molecular complexity index is 625. The van der Waals surface area contributed by atoms with Gasteiger partial charge in [-0.25, -0.2) is 9.97 Å². The van der Waals surface area contributed by atoms with Crippen molar-refractivity contribution in [3.8, 4) is 0 Å². The van der Waals surface area contributed by atoms with Crippen molar-refractivity contribution in [2.24, 2.45) is 5.73 Å². The van der Waals surface area contributed by atoms with Crippen LogP contribution in [0.25, 0.3) is 0 Å². The van der Waals surface area contributed by atoms with Crippen molar-refractivity contribution in [1.82, 2.24) is 15.3 Å². The fourth-order valence-electron chi connectivity index (χ4n) is 1.98. The molecule has 0 fully saturated rings. The third-order valence-electron chi connectivity index (χ3n) is 3.08. The first-order valence-electron chi connectivity index (χ1n) is 6.45. The number of hydrogen-bond donors (Lipinski definition) is 2. The van der Waals surface area contributed by atoms with Crippen LogP contribution in [0.1, 0.15) is 33.0 Å². The van der Waals surface area contributed by atoms with E-state index in [4.69, 9.17) is 5.73 Å². The van der Waals surface area contributed by atoms with Crippen LogP contribution in [0.3, 0.4) is 0 Å². The molecule has 0 saturated heterocycles. The molecule has 0 atom stereocenters. The Kier molecular flexibility index (Phi) is 4.42. The Morgan fingerprint density at radius 2 is 2.05 bits per heavy atom. The number of amides is 1. The van der Waals surface area contributed by atoms with E-state index in [1.54, 1.807) is 12.3 Å². The highest BCUT2D eigenvalue weighted by Gasteiger charge is 2.04. The zero-order valence-electron chi connectivity index (χ0n) is 11.7. The second-order valence-corrected chi connectivity index (χ2v) is 4.70. The Balaban J connectivity index is 1.96. The van der Waals surface area contributed by atoms with E-state index in [9.17, 15) is 4.79 Å². The lowest BCUT2D eigenvalue weighted by atomic mass is 10.0. The van der Waals surface area contributed by atoms with Crippen LogP contribution in [0.2, 0.25) is 0 Å². The first-order chi connectivity index (χ1) is 9.56. The van der Waals surface area contributed by atoms with Gasteiger partial charge in [0.2, 0.25) is 5.91 Å². The second kappa shape index (κ2) is 6.25. The summed E-state index contributed by atoms with van der Waals surface area (Å²) in [6, 6.07) is 7.38. The Morgan fingerprint density at radius 1 is 1.25 bits per heavy atom. The maximum atomic E-state index is 11.1. The van der Waals surface area contributed by atoms with E-state index < -0.39 is 5.91 Å². The quantitative estimate of drug-likeness (QED) is 0.862. The number of carbonyl (C=O) groups is 1. The number of aromatic nitrogens is 2. The van der Waals surface area contributed by atoms with Crippen molar-refractivity contribution < 1.29 is 4.79 Å². The number of nitrogens with two attached hydrogens (primary N) is 1. The molecule has 0 aliphatic heterocycles. The summed E-state index contributed by atoms with van der Waals surface area (Å²) in [6.07, 6.45) is 1.76. The van der Waals surface area contributed by atoms with Crippen molar-refractivity contribution in [1.29, 1.82) is 0 Å². The van der Waals surface area contributed by atoms with Gasteiger partial charge < -0.3 is 11.1 Å². The zero-order valence-corrected chi connectivity index (χ0v) is 11.7. The van der Waals surface area contributed by atoms with E-state index in [0.29, 0.717) is 18.7 Å². The number of hydrogen-bond acceptors (Lipinski definition) is 4. The fourth-order valence-corrected chi connectivity index (χ4v) is 1.98. The molecule has 2 rings (SSSR count). The topological polar surface area (TPSA) is 80.9 Å². The van der Waals surface area contributed by atoms with Gasteiger partial charge in [0.1, 0.15) is 5.82 Å². The minimum Gasteiger partial charge on any atom is -0.366 e. The van der Waals surface area contributed by atoms with Crippen molar-refractivity contribution in [3.63, 3.8) is 0 Å². The number of nitrogens with zero attached hydrogens (tertiary/aromatic N) is 2. The lowest BCUT2D eigenvalue weighted by Crippen LogP contribution is -2.16. The van der Waals surface area contributed by atoms with Crippen LogP contribution in [0.4, 0.5) is 0 Å². The number of carbonyl (C=O) groups excluding carboxylic acids is 1. The van der Waals surface area contributed by atoms with Gasteiger partial charge in [-0.15, -0.1) is 0 Å². The Labute approximate surface area is 118 Å². The molecule has 104 valence electrons. The van der Waals surface area contributed by atoms with Crippen LogP contribution in [0, 0.1) is 13.8 Å². The SMILES string of the molecule is Cc1nccc(CNCc2ccc(C(N)=O)cc2C)n1. The molecule has 0 aliphatic rings. The van der Waals surface area contributed by atoms with Crippen molar-refractivity contribution >= 4 is 5.91 Å². The highest BCUT2D eigenvalue weighted by Crippen LogP contribution is 2.11. The standard InChI is InChI=1S/C15H18N4O/c1-10-7-12(15(16)20)3-4-13(10)8-17-9-14-5-6-18-11(2)19-14/h3-7,17H,8-9H2,1-2H3,(H2,16,20). The molecule has 0 unspecified atom stereocenters. The number of nitrogens with one attached hydrogen (secondary N) is 1. The summed E-state index contributed by atoms with van der Waals surface area (Å²) >= 11 is 0. The molecule has 3 N–H and O–H groups in total. The predicted octanol–water partition coefficient (Wildman–Crippen LogP) is 1.48. The third-order valence-corrected chi connectivity index (χ3v) is 3.08. The molecule has 0 bridgehead atoms. The van der Waals surface area contributed by atoms with Crippen molar-refractivity contribution in [3.05, 3.63) is 58.7 Å². The van der Waals surface area contributed by atoms with Crippen LogP contribution in [0.15, 0.2) is 30.5 Å². The molecule has 1 amide bonds. The molecular weight excluding hydrogens is 252 g/mol. The van der Waals surface area contributed by atoms with Gasteiger partial charge in [0.25, 0.3) is 0 Å². The molecule has 0 aliphatic carbocycles. The van der Waals surface area contributed by atoms with E-state index in [2.05, 4.69) is 15.3 Å². The lowest BCUT2D eigenvalue weighted by Gasteiger charge is -2.09. The molecule has 1 aromatic heterocycles. The lowest BCUT2D eigenvalue weighted by molar-refractivity contribution is 0.1000. The fraction of sp³-hybridized carbons (Fsp3) is 0.267. The molecule has 5 heteroatoms. The normalized spacial score (nSPS) is 10.5. The van der Waals surface area contributed by atoms with Gasteiger partial charge in [-0.05, 0) is 43.2 Å². The maximum absolute atomic E-state index is 11.1. The molecule has 0 spiro atoms. The molecule has 0 radical (unpaired) electrons. The van der Waals surface area contributed by atoms with E-state index in [-0.39, 0.29) is 0 Å². The summed E-state index contributed by atoms with van der Waals surface area (Å²) in [5.74, 6) is 0.371. The van der Waals surface area contributed by atoms with E-state index >= 15 is 0 Å². The van der Waals surface area contributed by atoms with Crippen LogP contribution in [0.5, 0.6) is 0 Å². The maximum Gasteiger partial charge on any atom is 0.248 e. The number of rotatable bonds is 5. The van der Waals surface area contributed by atoms with Gasteiger partial charge in [0, 0.05) is 24.8 Å². The van der Waals surface area contributed by atoms with Gasteiger partial charge >= 0.3 is 0 Å². The van der Waals surface area contributed by atoms with Crippen molar-refractivity contribution in [2.75, 3.05) is 0 Å². The average Bonchev–Trinajstić information content (AvgIpc) is 2.40. The van der Waals surface area contributed by atoms with E-state index in [1.807, 2.05) is 32.0 Å². The third kappa shape index (κ3) is 3.61. The van der Waals surface area contributed by atoms with Crippen LogP contribution >= 0.6 is 0 Å². The Hall–Kier alpha value is -2.27. The van der Waals surface area contributed by atoms with Gasteiger partial charge in [-0.2, -0.15) is 0 Å². The smallest absolute Gasteiger partial charge is 0.248 e. The zero-order chi connectivity index (χ0) is 14.5. The summed E-state index contributed by atoms with van der Waals surface area (Å²) in [6.45, 7) is 5.24. The molecule has 1 heterocycles. The molecule has 2 aromatic rings. The summed E-state index contributed by atoms with van der Waals surface area (Å²) in [5.41, 5.74) is 8.94. The first kappa shape index (κ1) is 14.1. The van der Waals surface area contributed by atoms with Crippen LogP contribution < -0.4 is 11.1 Å². The highest BCUT2D eigenvalue weighted by atomic mass is 16.1. The summed E-state index contributed by atoms with van der Waals surface area (Å²) in [5, 5.41) is 3.33. The average molecular weight is 270 g/mol. The van der Waals surface area contributed by atoms with E-state index in [1.165, 1.54) is 0 Å². The molecule has 0 saturated carbocycles. The summed E-state index contributed by atoms with van der Waals surface area (Å²) in [4.78, 5) is 19.5. The minimum atomic E-state index is -0.399. The number of benzene rings is 1. The summed E-state index contributed by atoms with van der Waals surface area (Å²) in [7, 11) is 0. The molecule has 20 heavy (non-hydrogen) atoms. The predicted molar refractivity (Wildman–Crippen MR) is 77.0 cm³/mol.